The molecule has 154 valence electrons. The average Bonchev–Trinajstić information content (AvgIpc) is 3.16. The molecule has 0 spiro atoms. The van der Waals surface area contributed by atoms with Crippen LogP contribution in [0.1, 0.15) is 36.4 Å². The molecule has 1 aromatic heterocycles. The van der Waals surface area contributed by atoms with Gasteiger partial charge in [0, 0.05) is 32.2 Å². The third-order valence-corrected chi connectivity index (χ3v) is 6.04. The highest BCUT2D eigenvalue weighted by Crippen LogP contribution is 2.22. The van der Waals surface area contributed by atoms with Crippen molar-refractivity contribution in [3.8, 4) is 0 Å². The molecule has 0 radical (unpaired) electrons. The summed E-state index contributed by atoms with van der Waals surface area (Å²) < 4.78 is 1.52. The molecule has 1 amide bonds. The molecule has 1 N–H and O–H groups in total. The van der Waals surface area contributed by atoms with Gasteiger partial charge in [-0.1, -0.05) is 24.3 Å². The number of carbonyl (C=O) groups is 1. The molecular weight excluding hydrogens is 368 g/mol. The minimum atomic E-state index is -0.344. The molecule has 3 heterocycles. The van der Waals surface area contributed by atoms with E-state index in [2.05, 4.69) is 5.10 Å². The van der Waals surface area contributed by atoms with Crippen molar-refractivity contribution in [2.75, 3.05) is 31.1 Å². The number of hydrogen-bond donors (Lipinski definition) is 1. The lowest BCUT2D eigenvalue weighted by Crippen LogP contribution is -2.44. The van der Waals surface area contributed by atoms with Crippen molar-refractivity contribution in [3.63, 3.8) is 0 Å². The highest BCUT2D eigenvalue weighted by molar-refractivity contribution is 5.79. The van der Waals surface area contributed by atoms with E-state index in [0.717, 1.165) is 42.7 Å². The summed E-state index contributed by atoms with van der Waals surface area (Å²) in [6.07, 6.45) is 4.15. The van der Waals surface area contributed by atoms with Crippen LogP contribution in [0, 0.1) is 6.92 Å². The molecule has 2 aromatic rings. The Balaban J connectivity index is 1.45. The maximum Gasteiger partial charge on any atom is 0.269 e. The first kappa shape index (κ1) is 19.6. The SMILES string of the molecule is Cc1ccccc1CC(=O)N1CCC[C@H](n2ncc(N3CC[C@H](O)C3)cc2=O)C1. The van der Waals surface area contributed by atoms with Gasteiger partial charge in [0.1, 0.15) is 0 Å². The zero-order valence-corrected chi connectivity index (χ0v) is 16.8. The van der Waals surface area contributed by atoms with Gasteiger partial charge in [-0.15, -0.1) is 0 Å². The van der Waals surface area contributed by atoms with Gasteiger partial charge in [0.05, 0.1) is 30.5 Å². The first-order valence-electron chi connectivity index (χ1n) is 10.4. The molecule has 1 aromatic carbocycles. The Bertz CT molecular complexity index is 942. The lowest BCUT2D eigenvalue weighted by molar-refractivity contribution is -0.132. The molecule has 2 saturated heterocycles. The number of carbonyl (C=O) groups excluding carboxylic acids is 1. The Morgan fingerprint density at radius 3 is 2.76 bits per heavy atom. The predicted octanol–water partition coefficient (Wildman–Crippen LogP) is 1.53. The summed E-state index contributed by atoms with van der Waals surface area (Å²) in [5, 5.41) is 14.1. The number of benzene rings is 1. The number of piperidine rings is 1. The molecule has 0 saturated carbocycles. The van der Waals surface area contributed by atoms with E-state index >= 15 is 0 Å². The molecule has 7 nitrogen and oxygen atoms in total. The zero-order valence-electron chi connectivity index (χ0n) is 16.8. The summed E-state index contributed by atoms with van der Waals surface area (Å²) in [7, 11) is 0. The van der Waals surface area contributed by atoms with Crippen LogP contribution >= 0.6 is 0 Å². The second kappa shape index (κ2) is 8.37. The Morgan fingerprint density at radius 2 is 2.03 bits per heavy atom. The number of rotatable bonds is 4. The number of aryl methyl sites for hydroxylation is 1. The fourth-order valence-electron chi connectivity index (χ4n) is 4.30. The first-order valence-corrected chi connectivity index (χ1v) is 10.4. The number of anilines is 1. The maximum absolute atomic E-state index is 12.8. The molecule has 2 atom stereocenters. The Hall–Kier alpha value is -2.67. The van der Waals surface area contributed by atoms with Crippen molar-refractivity contribution in [2.45, 2.75) is 44.8 Å². The normalized spacial score (nSPS) is 22.1. The number of aromatic nitrogens is 2. The monoisotopic (exact) mass is 396 g/mol. The largest absolute Gasteiger partial charge is 0.391 e. The van der Waals surface area contributed by atoms with E-state index in [1.165, 1.54) is 4.68 Å². The van der Waals surface area contributed by atoms with Gasteiger partial charge in [0.25, 0.3) is 5.56 Å². The fourth-order valence-corrected chi connectivity index (χ4v) is 4.30. The Labute approximate surface area is 170 Å². The molecule has 2 aliphatic rings. The zero-order chi connectivity index (χ0) is 20.4. The molecule has 0 aliphatic carbocycles. The van der Waals surface area contributed by atoms with E-state index in [9.17, 15) is 14.7 Å². The highest BCUT2D eigenvalue weighted by atomic mass is 16.3. The maximum atomic E-state index is 12.8. The van der Waals surface area contributed by atoms with Crippen LogP contribution in [0.25, 0.3) is 0 Å². The van der Waals surface area contributed by atoms with Crippen molar-refractivity contribution >= 4 is 11.6 Å². The van der Waals surface area contributed by atoms with Crippen LogP contribution in [0.5, 0.6) is 0 Å². The number of likely N-dealkylation sites (tertiary alicyclic amines) is 1. The van der Waals surface area contributed by atoms with Crippen LogP contribution in [0.4, 0.5) is 5.69 Å². The molecular formula is C22H28N4O3. The van der Waals surface area contributed by atoms with Crippen LogP contribution in [0.3, 0.4) is 0 Å². The quantitative estimate of drug-likeness (QED) is 0.848. The van der Waals surface area contributed by atoms with Crippen LogP contribution < -0.4 is 10.5 Å². The number of hydrogen-bond acceptors (Lipinski definition) is 5. The Morgan fingerprint density at radius 1 is 1.21 bits per heavy atom. The van der Waals surface area contributed by atoms with Gasteiger partial charge < -0.3 is 14.9 Å². The number of nitrogens with zero attached hydrogens (tertiary/aromatic N) is 4. The molecule has 7 heteroatoms. The number of amides is 1. The second-order valence-electron chi connectivity index (χ2n) is 8.12. The summed E-state index contributed by atoms with van der Waals surface area (Å²) in [4.78, 5) is 29.4. The topological polar surface area (TPSA) is 78.7 Å². The van der Waals surface area contributed by atoms with Gasteiger partial charge >= 0.3 is 0 Å². The van der Waals surface area contributed by atoms with Crippen molar-refractivity contribution in [2.24, 2.45) is 0 Å². The minimum absolute atomic E-state index is 0.0970. The lowest BCUT2D eigenvalue weighted by atomic mass is 10.0. The van der Waals surface area contributed by atoms with E-state index < -0.39 is 0 Å². The van der Waals surface area contributed by atoms with Crippen molar-refractivity contribution < 1.29 is 9.90 Å². The number of aliphatic hydroxyl groups excluding tert-OH is 1. The molecule has 2 aliphatic heterocycles. The van der Waals surface area contributed by atoms with Crippen LogP contribution in [0.2, 0.25) is 0 Å². The summed E-state index contributed by atoms with van der Waals surface area (Å²) >= 11 is 0. The van der Waals surface area contributed by atoms with Crippen LogP contribution in [0.15, 0.2) is 41.3 Å². The first-order chi connectivity index (χ1) is 14.0. The van der Waals surface area contributed by atoms with E-state index in [0.29, 0.717) is 25.9 Å². The molecule has 4 rings (SSSR count). The van der Waals surface area contributed by atoms with Gasteiger partial charge in [-0.2, -0.15) is 5.10 Å². The molecule has 0 bridgehead atoms. The average molecular weight is 396 g/mol. The van der Waals surface area contributed by atoms with E-state index in [4.69, 9.17) is 0 Å². The van der Waals surface area contributed by atoms with Gasteiger partial charge in [-0.25, -0.2) is 4.68 Å². The van der Waals surface area contributed by atoms with Gasteiger partial charge in [-0.3, -0.25) is 9.59 Å². The summed E-state index contributed by atoms with van der Waals surface area (Å²) in [6.45, 7) is 4.53. The third-order valence-electron chi connectivity index (χ3n) is 6.04. The van der Waals surface area contributed by atoms with Crippen LogP contribution in [-0.2, 0) is 11.2 Å². The summed E-state index contributed by atoms with van der Waals surface area (Å²) in [5.41, 5.74) is 2.77. The van der Waals surface area contributed by atoms with Gasteiger partial charge in [0.2, 0.25) is 5.91 Å². The second-order valence-corrected chi connectivity index (χ2v) is 8.12. The standard InChI is InChI=1S/C22H28N4O3/c1-16-5-2-3-6-17(16)11-21(28)25-9-4-7-18(14-25)26-22(29)12-19(13-23-26)24-10-8-20(27)15-24/h2-3,5-6,12-13,18,20,27H,4,7-11,14-15H2,1H3/t18-,20-/m0/s1. The molecule has 29 heavy (non-hydrogen) atoms. The Kier molecular flexibility index (Phi) is 5.67. The molecule has 2 fully saturated rings. The van der Waals surface area contributed by atoms with Crippen molar-refractivity contribution in [3.05, 3.63) is 58.0 Å². The summed E-state index contributed by atoms with van der Waals surface area (Å²) in [6, 6.07) is 9.44. The number of β-amino-alcohol motifs (C(OH)–C–C–N with tert-alkyl or cyclic N) is 1. The summed E-state index contributed by atoms with van der Waals surface area (Å²) in [5.74, 6) is 0.0970. The number of aliphatic hydroxyl groups is 1. The van der Waals surface area contributed by atoms with Gasteiger partial charge in [0.15, 0.2) is 0 Å². The van der Waals surface area contributed by atoms with Crippen molar-refractivity contribution in [1.82, 2.24) is 14.7 Å². The van der Waals surface area contributed by atoms with Crippen molar-refractivity contribution in [1.29, 1.82) is 0 Å². The van der Waals surface area contributed by atoms with Crippen LogP contribution in [-0.4, -0.2) is 58.0 Å². The fraction of sp³-hybridized carbons (Fsp3) is 0.500. The minimum Gasteiger partial charge on any atom is -0.391 e. The molecule has 0 unspecified atom stereocenters. The van der Waals surface area contributed by atoms with E-state index in [1.807, 2.05) is 41.0 Å². The predicted molar refractivity (Wildman–Crippen MR) is 111 cm³/mol. The smallest absolute Gasteiger partial charge is 0.269 e. The lowest BCUT2D eigenvalue weighted by Gasteiger charge is -2.33. The van der Waals surface area contributed by atoms with E-state index in [1.54, 1.807) is 12.3 Å². The highest BCUT2D eigenvalue weighted by Gasteiger charge is 2.27. The van der Waals surface area contributed by atoms with E-state index in [-0.39, 0.29) is 23.6 Å². The van der Waals surface area contributed by atoms with Gasteiger partial charge in [-0.05, 0) is 37.3 Å². The third kappa shape index (κ3) is 4.34.